The van der Waals surface area contributed by atoms with E-state index in [2.05, 4.69) is 9.47 Å². The van der Waals surface area contributed by atoms with Crippen LogP contribution in [-0.4, -0.2) is 69.4 Å². The zero-order chi connectivity index (χ0) is 35.9. The number of hydrogen-bond acceptors (Lipinski definition) is 11. The molecule has 0 fully saturated rings. The number of hydrogen-bond donors (Lipinski definition) is 4. The third kappa shape index (κ3) is 8.12. The molecule has 0 aliphatic rings. The number of benzene rings is 2. The molecule has 0 bridgehead atoms. The van der Waals surface area contributed by atoms with Gasteiger partial charge in [0, 0.05) is 16.2 Å². The number of ether oxygens (including phenoxy) is 2. The van der Waals surface area contributed by atoms with E-state index < -0.39 is 78.1 Å². The van der Waals surface area contributed by atoms with Crippen LogP contribution in [0, 0.1) is 0 Å². The zero-order valence-corrected chi connectivity index (χ0v) is 22.5. The monoisotopic (exact) mass is 669 g/mol. The predicted octanol–water partition coefficient (Wildman–Crippen LogP) is 2.38. The SMILES string of the molecule is CCS(=O)(=O)c1cc(C(=O)O)c(O)cc1N.[2H]C([2H])([2H])I.[2H]C([2H])([2H])OC(=O)c1cc(S(=O)(=O)CC)c(N)cc1OC([2H])([2H])[2H]. The number of carbonyl (C=O) groups is 2. The molecule has 0 amide bonds. The molecule has 202 valence electrons. The van der Waals surface area contributed by atoms with Gasteiger partial charge in [-0.1, -0.05) is 36.4 Å². The molecule has 2 aromatic carbocycles. The highest BCUT2D eigenvalue weighted by Crippen LogP contribution is 2.30. The molecule has 0 radical (unpaired) electrons. The minimum atomic E-state index is -3.86. The van der Waals surface area contributed by atoms with Gasteiger partial charge in [-0.05, 0) is 17.0 Å². The molecular formula is C21H29IN2O10S2. The van der Waals surface area contributed by atoms with Gasteiger partial charge in [-0.25, -0.2) is 26.4 Å². The maximum atomic E-state index is 12.0. The average molecular weight is 670 g/mol. The number of sulfone groups is 2. The summed E-state index contributed by atoms with van der Waals surface area (Å²) in [6, 6.07) is 3.35. The van der Waals surface area contributed by atoms with Crippen molar-refractivity contribution in [2.75, 3.05) is 41.9 Å². The number of carboxylic acid groups (broad SMARTS) is 1. The van der Waals surface area contributed by atoms with Crippen molar-refractivity contribution in [1.29, 1.82) is 0 Å². The highest BCUT2D eigenvalue weighted by molar-refractivity contribution is 14.1. The molecule has 12 nitrogen and oxygen atoms in total. The van der Waals surface area contributed by atoms with Crippen LogP contribution in [0.4, 0.5) is 11.4 Å². The van der Waals surface area contributed by atoms with Crippen molar-refractivity contribution in [1.82, 2.24) is 0 Å². The summed E-state index contributed by atoms with van der Waals surface area (Å²) in [5.41, 5.74) is 9.34. The van der Waals surface area contributed by atoms with Crippen molar-refractivity contribution < 1.29 is 58.4 Å². The predicted molar refractivity (Wildman–Crippen MR) is 144 cm³/mol. The van der Waals surface area contributed by atoms with Crippen LogP contribution < -0.4 is 16.2 Å². The number of methoxy groups -OCH3 is 2. The van der Waals surface area contributed by atoms with Crippen molar-refractivity contribution >= 4 is 65.6 Å². The van der Waals surface area contributed by atoms with Crippen molar-refractivity contribution in [2.24, 2.45) is 0 Å². The van der Waals surface area contributed by atoms with Gasteiger partial charge in [-0.3, -0.25) is 0 Å². The first kappa shape index (κ1) is 20.3. The number of carboxylic acids is 1. The Morgan fingerprint density at radius 3 is 1.83 bits per heavy atom. The third-order valence-electron chi connectivity index (χ3n) is 4.32. The summed E-state index contributed by atoms with van der Waals surface area (Å²) < 4.78 is 117. The number of rotatable bonds is 7. The van der Waals surface area contributed by atoms with Gasteiger partial charge >= 0.3 is 11.9 Å². The van der Waals surface area contributed by atoms with E-state index in [1.165, 1.54) is 36.4 Å². The number of phenols is 1. The van der Waals surface area contributed by atoms with Crippen LogP contribution in [0.15, 0.2) is 34.1 Å². The Morgan fingerprint density at radius 1 is 0.944 bits per heavy atom. The second-order valence-corrected chi connectivity index (χ2v) is 10.9. The molecule has 2 aromatic rings. The normalized spacial score (nSPS) is 15.5. The second kappa shape index (κ2) is 14.1. The summed E-state index contributed by atoms with van der Waals surface area (Å²) in [5.74, 6) is -4.59. The van der Waals surface area contributed by atoms with Crippen molar-refractivity contribution in [2.45, 2.75) is 23.6 Å². The number of aromatic carboxylic acids is 1. The van der Waals surface area contributed by atoms with Crippen LogP contribution in [-0.2, 0) is 24.4 Å². The molecule has 0 aliphatic carbocycles. The summed E-state index contributed by atoms with van der Waals surface area (Å²) >= 11 is 1.38. The van der Waals surface area contributed by atoms with Crippen molar-refractivity contribution in [3.63, 3.8) is 0 Å². The number of esters is 1. The van der Waals surface area contributed by atoms with Crippen LogP contribution in [0.5, 0.6) is 11.5 Å². The van der Waals surface area contributed by atoms with E-state index in [0.717, 1.165) is 24.3 Å². The Balaban J connectivity index is 0.000000790. The maximum Gasteiger partial charge on any atom is 0.341 e. The minimum Gasteiger partial charge on any atom is -0.507 e. The maximum absolute atomic E-state index is 12.0. The van der Waals surface area contributed by atoms with Gasteiger partial charge in [0.1, 0.15) is 22.6 Å². The van der Waals surface area contributed by atoms with E-state index in [0.29, 0.717) is 0 Å². The van der Waals surface area contributed by atoms with Crippen LogP contribution in [0.2, 0.25) is 0 Å². The first-order valence-corrected chi connectivity index (χ1v) is 13.7. The fourth-order valence-corrected chi connectivity index (χ4v) is 4.53. The summed E-state index contributed by atoms with van der Waals surface area (Å²) in [7, 11) is -13.6. The van der Waals surface area contributed by atoms with Crippen LogP contribution >= 0.6 is 22.6 Å². The highest BCUT2D eigenvalue weighted by Gasteiger charge is 2.23. The van der Waals surface area contributed by atoms with Crippen molar-refractivity contribution in [3.05, 3.63) is 35.4 Å². The van der Waals surface area contributed by atoms with Crippen LogP contribution in [0.25, 0.3) is 0 Å². The van der Waals surface area contributed by atoms with Gasteiger partial charge in [0.2, 0.25) is 0 Å². The lowest BCUT2D eigenvalue weighted by molar-refractivity contribution is 0.0595. The molecule has 0 unspecified atom stereocenters. The Morgan fingerprint density at radius 2 is 1.42 bits per heavy atom. The molecule has 15 heteroatoms. The van der Waals surface area contributed by atoms with Crippen molar-refractivity contribution in [3.8, 4) is 11.5 Å². The minimum absolute atomic E-state index is 0.163. The molecule has 0 saturated carbocycles. The third-order valence-corrected chi connectivity index (χ3v) is 7.89. The first-order chi connectivity index (χ1) is 20.0. The number of anilines is 2. The molecule has 0 aliphatic heterocycles. The number of aromatic hydroxyl groups is 1. The Bertz CT molecular complexity index is 1600. The number of halogens is 1. The number of alkyl halides is 1. The lowest BCUT2D eigenvalue weighted by Gasteiger charge is -2.11. The standard InChI is InChI=1S/C11H15NO5S.C9H11NO5S.CH3I/c1-4-18(14,15)10-5-7(11(13)17-3)9(16-2)6-8(10)12;1-2-16(14,15)8-3-5(9(12)13)7(11)4-6(8)10;1-2/h5-6H,4,12H2,1-3H3;3-4,11H,2,10H2,1H3,(H,12,13);1H3/i2D3,3D3;;1D3. The zero-order valence-electron chi connectivity index (χ0n) is 27.7. The summed E-state index contributed by atoms with van der Waals surface area (Å²) in [5, 5.41) is 18.0. The highest BCUT2D eigenvalue weighted by atomic mass is 127. The summed E-state index contributed by atoms with van der Waals surface area (Å²) in [4.78, 5) is 20.2. The van der Waals surface area contributed by atoms with Gasteiger partial charge in [0.15, 0.2) is 19.7 Å². The van der Waals surface area contributed by atoms with Gasteiger partial charge in [-0.15, -0.1) is 0 Å². The number of carbonyl (C=O) groups excluding carboxylic acids is 1. The first-order valence-electron chi connectivity index (χ1n) is 13.8. The van der Waals surface area contributed by atoms with E-state index in [-0.39, 0.29) is 27.8 Å². The van der Waals surface area contributed by atoms with Gasteiger partial charge in [-0.2, -0.15) is 0 Å². The Kier molecular flexibility index (Phi) is 7.93. The van der Waals surface area contributed by atoms with Gasteiger partial charge < -0.3 is 31.2 Å². The largest absolute Gasteiger partial charge is 0.507 e. The molecular weight excluding hydrogens is 631 g/mol. The van der Waals surface area contributed by atoms with Crippen LogP contribution in [0.3, 0.4) is 0 Å². The van der Waals surface area contributed by atoms with E-state index in [1.807, 2.05) is 0 Å². The topological polar surface area (TPSA) is 213 Å². The molecule has 2 rings (SSSR count). The Hall–Kier alpha value is -2.79. The second-order valence-electron chi connectivity index (χ2n) is 6.40. The molecule has 36 heavy (non-hydrogen) atoms. The molecule has 0 spiro atoms. The molecule has 0 saturated heterocycles. The Labute approximate surface area is 236 Å². The molecule has 0 atom stereocenters. The fourth-order valence-electron chi connectivity index (χ4n) is 2.48. The van der Waals surface area contributed by atoms with E-state index in [1.54, 1.807) is 0 Å². The van der Waals surface area contributed by atoms with E-state index in [4.69, 9.17) is 28.9 Å². The number of nitrogen functional groups attached to an aromatic ring is 2. The smallest absolute Gasteiger partial charge is 0.341 e. The van der Waals surface area contributed by atoms with Crippen LogP contribution in [0.1, 0.15) is 46.9 Å². The summed E-state index contributed by atoms with van der Waals surface area (Å²) in [6.45, 7) is 2.75. The van der Waals surface area contributed by atoms with E-state index >= 15 is 0 Å². The van der Waals surface area contributed by atoms with Gasteiger partial charge in [0.25, 0.3) is 0 Å². The number of nitrogens with two attached hydrogens (primary N) is 2. The quantitative estimate of drug-likeness (QED) is 0.145. The average Bonchev–Trinajstić information content (AvgIpc) is 2.80. The fraction of sp³-hybridized carbons (Fsp3) is 0.333. The van der Waals surface area contributed by atoms with E-state index in [9.17, 15) is 31.5 Å². The lowest BCUT2D eigenvalue weighted by Crippen LogP contribution is -2.11. The molecule has 0 aromatic heterocycles. The van der Waals surface area contributed by atoms with Gasteiger partial charge in [0.05, 0.1) is 55.0 Å². The lowest BCUT2D eigenvalue weighted by atomic mass is 10.2. The summed E-state index contributed by atoms with van der Waals surface area (Å²) in [6.07, 6.45) is 0. The molecule has 6 N–H and O–H groups in total. The molecule has 0 heterocycles.